The average molecular weight is 378 g/mol. The number of nitrogens with two attached hydrogens (primary N) is 1. The molecule has 1 aromatic heterocycles. The van der Waals surface area contributed by atoms with E-state index in [9.17, 15) is 4.79 Å². The molecule has 1 fully saturated rings. The van der Waals surface area contributed by atoms with Crippen molar-refractivity contribution in [2.45, 2.75) is 26.4 Å². The zero-order valence-electron chi connectivity index (χ0n) is 16.6. The van der Waals surface area contributed by atoms with Gasteiger partial charge in [0.25, 0.3) is 0 Å². The Morgan fingerprint density at radius 1 is 1.21 bits per heavy atom. The highest BCUT2D eigenvalue weighted by molar-refractivity contribution is 5.70. The molecule has 2 aliphatic rings. The smallest absolute Gasteiger partial charge is 0.410 e. The van der Waals surface area contributed by atoms with Gasteiger partial charge in [0.05, 0.1) is 17.6 Å². The third-order valence-corrected chi connectivity index (χ3v) is 4.99. The first-order valence-electron chi connectivity index (χ1n) is 9.56. The van der Waals surface area contributed by atoms with Crippen LogP contribution in [-0.4, -0.2) is 41.2 Å². The van der Waals surface area contributed by atoms with Crippen LogP contribution in [0.2, 0.25) is 0 Å². The van der Waals surface area contributed by atoms with Crippen LogP contribution in [0.5, 0.6) is 0 Å². The van der Waals surface area contributed by atoms with Gasteiger partial charge >= 0.3 is 6.09 Å². The van der Waals surface area contributed by atoms with E-state index in [0.717, 1.165) is 29.2 Å². The van der Waals surface area contributed by atoms with Gasteiger partial charge in [-0.2, -0.15) is 0 Å². The van der Waals surface area contributed by atoms with E-state index in [0.29, 0.717) is 19.0 Å². The van der Waals surface area contributed by atoms with Gasteiger partial charge in [-0.25, -0.2) is 4.79 Å². The first-order valence-corrected chi connectivity index (χ1v) is 9.56. The van der Waals surface area contributed by atoms with E-state index in [4.69, 9.17) is 10.5 Å². The van der Waals surface area contributed by atoms with E-state index in [1.54, 1.807) is 4.90 Å². The first kappa shape index (κ1) is 18.3. The molecular weight excluding hydrogens is 352 g/mol. The van der Waals surface area contributed by atoms with Crippen LogP contribution in [0.3, 0.4) is 0 Å². The van der Waals surface area contributed by atoms with E-state index >= 15 is 0 Å². The van der Waals surface area contributed by atoms with Crippen molar-refractivity contribution in [3.8, 4) is 11.3 Å². The Kier molecular flexibility index (Phi) is 4.49. The summed E-state index contributed by atoms with van der Waals surface area (Å²) in [6.45, 7) is 7.86. The van der Waals surface area contributed by atoms with Gasteiger partial charge in [-0.1, -0.05) is 12.1 Å². The topological polar surface area (TPSA) is 71.7 Å². The number of anilines is 2. The van der Waals surface area contributed by atoms with Crippen molar-refractivity contribution < 1.29 is 9.53 Å². The fraction of sp³-hybridized carbons (Fsp3) is 0.364. The Morgan fingerprint density at radius 3 is 2.68 bits per heavy atom. The van der Waals surface area contributed by atoms with Crippen molar-refractivity contribution in [2.75, 3.05) is 30.3 Å². The number of hydrogen-bond donors (Lipinski definition) is 1. The van der Waals surface area contributed by atoms with Crippen LogP contribution in [0.15, 0.2) is 54.4 Å². The highest BCUT2D eigenvalue weighted by atomic mass is 16.6. The molecule has 2 N–H and O–H groups in total. The van der Waals surface area contributed by atoms with Gasteiger partial charge in [-0.3, -0.25) is 4.98 Å². The van der Waals surface area contributed by atoms with E-state index in [1.165, 1.54) is 5.57 Å². The Labute approximate surface area is 165 Å². The molecule has 1 aromatic carbocycles. The lowest BCUT2D eigenvalue weighted by atomic mass is 10.1. The molecule has 4 rings (SSSR count). The molecule has 0 spiro atoms. The van der Waals surface area contributed by atoms with Gasteiger partial charge in [0, 0.05) is 43.0 Å². The van der Waals surface area contributed by atoms with Crippen LogP contribution >= 0.6 is 0 Å². The van der Waals surface area contributed by atoms with Gasteiger partial charge in [-0.15, -0.1) is 0 Å². The summed E-state index contributed by atoms with van der Waals surface area (Å²) in [4.78, 5) is 20.9. The maximum atomic E-state index is 12.3. The molecule has 1 amide bonds. The number of nitrogens with zero attached hydrogens (tertiary/aromatic N) is 3. The van der Waals surface area contributed by atoms with E-state index in [-0.39, 0.29) is 6.09 Å². The summed E-state index contributed by atoms with van der Waals surface area (Å²) in [7, 11) is 0. The standard InChI is InChI=1S/C22H26N4O2/c1-22(2,3)28-21(27)26-13-16-11-25(12-17(16)14-26)19-7-8-20(24-10-19)15-5-4-6-18(23)9-15/h4-11,17H,12-14,23H2,1-3H3. The van der Waals surface area contributed by atoms with Gasteiger partial charge in [0.15, 0.2) is 0 Å². The second-order valence-corrected chi connectivity index (χ2v) is 8.44. The van der Waals surface area contributed by atoms with E-state index < -0.39 is 5.60 Å². The molecule has 1 atom stereocenters. The Balaban J connectivity index is 1.43. The van der Waals surface area contributed by atoms with Crippen LogP contribution in [-0.2, 0) is 4.74 Å². The monoisotopic (exact) mass is 378 g/mol. The van der Waals surface area contributed by atoms with Crippen LogP contribution in [0.25, 0.3) is 11.3 Å². The first-order chi connectivity index (χ1) is 13.3. The summed E-state index contributed by atoms with van der Waals surface area (Å²) < 4.78 is 5.49. The normalized spacial score (nSPS) is 18.8. The maximum absolute atomic E-state index is 12.3. The molecular formula is C22H26N4O2. The molecule has 28 heavy (non-hydrogen) atoms. The lowest BCUT2D eigenvalue weighted by Gasteiger charge is -2.25. The molecule has 0 bridgehead atoms. The lowest BCUT2D eigenvalue weighted by Crippen LogP contribution is -2.36. The molecule has 1 unspecified atom stereocenters. The van der Waals surface area contributed by atoms with Crippen molar-refractivity contribution >= 4 is 17.5 Å². The molecule has 1 saturated heterocycles. The minimum atomic E-state index is -0.466. The molecule has 146 valence electrons. The van der Waals surface area contributed by atoms with Crippen molar-refractivity contribution in [2.24, 2.45) is 5.92 Å². The Morgan fingerprint density at radius 2 is 2.04 bits per heavy atom. The number of fused-ring (bicyclic) bond motifs is 1. The number of ether oxygens (including phenoxy) is 1. The summed E-state index contributed by atoms with van der Waals surface area (Å²) >= 11 is 0. The summed E-state index contributed by atoms with van der Waals surface area (Å²) in [5.74, 6) is 0.348. The highest BCUT2D eigenvalue weighted by Gasteiger charge is 2.37. The molecule has 6 nitrogen and oxygen atoms in total. The van der Waals surface area contributed by atoms with Crippen molar-refractivity contribution in [3.63, 3.8) is 0 Å². The molecule has 2 aliphatic heterocycles. The minimum Gasteiger partial charge on any atom is -0.444 e. The fourth-order valence-electron chi connectivity index (χ4n) is 3.68. The number of benzene rings is 1. The van der Waals surface area contributed by atoms with E-state index in [1.807, 2.05) is 57.3 Å². The van der Waals surface area contributed by atoms with Crippen molar-refractivity contribution in [1.29, 1.82) is 0 Å². The quantitative estimate of drug-likeness (QED) is 0.803. The Hall–Kier alpha value is -3.02. The van der Waals surface area contributed by atoms with Crippen molar-refractivity contribution in [3.05, 3.63) is 54.4 Å². The van der Waals surface area contributed by atoms with Gasteiger partial charge in [0.1, 0.15) is 5.60 Å². The second kappa shape index (κ2) is 6.86. The maximum Gasteiger partial charge on any atom is 0.410 e. The molecule has 2 aromatic rings. The lowest BCUT2D eigenvalue weighted by molar-refractivity contribution is 0.0291. The molecule has 6 heteroatoms. The largest absolute Gasteiger partial charge is 0.444 e. The number of hydrogen-bond acceptors (Lipinski definition) is 5. The molecule has 0 aliphatic carbocycles. The van der Waals surface area contributed by atoms with E-state index in [2.05, 4.69) is 22.2 Å². The number of carbonyl (C=O) groups excluding carboxylic acids is 1. The number of nitrogen functional groups attached to an aromatic ring is 1. The van der Waals surface area contributed by atoms with Gasteiger partial charge < -0.3 is 20.3 Å². The predicted molar refractivity (Wildman–Crippen MR) is 111 cm³/mol. The number of carbonyl (C=O) groups is 1. The second-order valence-electron chi connectivity index (χ2n) is 8.44. The summed E-state index contributed by atoms with van der Waals surface area (Å²) in [5, 5.41) is 0. The number of rotatable bonds is 2. The Bertz CT molecular complexity index is 915. The van der Waals surface area contributed by atoms with Crippen LogP contribution in [0.4, 0.5) is 16.2 Å². The number of amides is 1. The van der Waals surface area contributed by atoms with Crippen LogP contribution in [0, 0.1) is 5.92 Å². The highest BCUT2D eigenvalue weighted by Crippen LogP contribution is 2.33. The zero-order chi connectivity index (χ0) is 19.9. The number of likely N-dealkylation sites (tertiary alicyclic amines) is 1. The predicted octanol–water partition coefficient (Wildman–Crippen LogP) is 3.90. The zero-order valence-corrected chi connectivity index (χ0v) is 16.6. The molecule has 3 heterocycles. The third kappa shape index (κ3) is 3.81. The number of aromatic nitrogens is 1. The average Bonchev–Trinajstić information content (AvgIpc) is 3.19. The summed E-state index contributed by atoms with van der Waals surface area (Å²) in [6, 6.07) is 11.8. The van der Waals surface area contributed by atoms with Crippen LogP contribution < -0.4 is 10.6 Å². The number of pyridine rings is 1. The van der Waals surface area contributed by atoms with Gasteiger partial charge in [-0.05, 0) is 50.6 Å². The molecule has 0 radical (unpaired) electrons. The van der Waals surface area contributed by atoms with Gasteiger partial charge in [0.2, 0.25) is 0 Å². The minimum absolute atomic E-state index is 0.234. The fourth-order valence-corrected chi connectivity index (χ4v) is 3.68. The third-order valence-electron chi connectivity index (χ3n) is 4.99. The summed E-state index contributed by atoms with van der Waals surface area (Å²) in [5.41, 5.74) is 10.4. The molecule has 0 saturated carbocycles. The summed E-state index contributed by atoms with van der Waals surface area (Å²) in [6.07, 6.45) is 3.80. The van der Waals surface area contributed by atoms with Crippen molar-refractivity contribution in [1.82, 2.24) is 9.88 Å². The SMILES string of the molecule is CC(C)(C)OC(=O)N1CC2=CN(c3ccc(-c4cccc(N)c4)nc3)CC2C1. The van der Waals surface area contributed by atoms with Crippen LogP contribution in [0.1, 0.15) is 20.8 Å².